The summed E-state index contributed by atoms with van der Waals surface area (Å²) in [6, 6.07) is 10.9. The maximum atomic E-state index is 12.1. The van der Waals surface area contributed by atoms with E-state index in [9.17, 15) is 18.3 Å². The van der Waals surface area contributed by atoms with Gasteiger partial charge in [-0.15, -0.1) is 0 Å². The van der Waals surface area contributed by atoms with Crippen LogP contribution in [-0.4, -0.2) is 39.3 Å². The second-order valence-electron chi connectivity index (χ2n) is 5.36. The molecule has 26 heavy (non-hydrogen) atoms. The Morgan fingerprint density at radius 3 is 2.54 bits per heavy atom. The fourth-order valence-electron chi connectivity index (χ4n) is 1.97. The van der Waals surface area contributed by atoms with Gasteiger partial charge < -0.3 is 9.84 Å². The third-order valence-electron chi connectivity index (χ3n) is 3.36. The van der Waals surface area contributed by atoms with Crippen molar-refractivity contribution in [2.24, 2.45) is 5.10 Å². The van der Waals surface area contributed by atoms with Gasteiger partial charge in [-0.3, -0.25) is 4.79 Å². The zero-order valence-electron chi connectivity index (χ0n) is 14.3. The monoisotopic (exact) mass is 377 g/mol. The smallest absolute Gasteiger partial charge is 0.255 e. The minimum Gasteiger partial charge on any atom is -0.504 e. The Morgan fingerprint density at radius 1 is 1.23 bits per heavy atom. The van der Waals surface area contributed by atoms with Crippen LogP contribution < -0.4 is 14.9 Å². The number of hydrogen-bond acceptors (Lipinski definition) is 6. The number of carbonyl (C=O) groups excluding carboxylic acids is 1. The molecular formula is C17H19N3O5S. The number of ether oxygens (including phenoxy) is 1. The van der Waals surface area contributed by atoms with Gasteiger partial charge in [0.1, 0.15) is 0 Å². The first-order valence-corrected chi connectivity index (χ1v) is 9.05. The van der Waals surface area contributed by atoms with Crippen molar-refractivity contribution in [3.63, 3.8) is 0 Å². The van der Waals surface area contributed by atoms with Gasteiger partial charge in [-0.25, -0.2) is 18.6 Å². The van der Waals surface area contributed by atoms with Crippen LogP contribution in [0, 0.1) is 6.92 Å². The zero-order chi connectivity index (χ0) is 19.2. The second-order valence-corrected chi connectivity index (χ2v) is 7.13. The highest BCUT2D eigenvalue weighted by atomic mass is 32.2. The van der Waals surface area contributed by atoms with Crippen LogP contribution in [0.15, 0.2) is 52.5 Å². The fraction of sp³-hybridized carbons (Fsp3) is 0.176. The highest BCUT2D eigenvalue weighted by Gasteiger charge is 2.14. The van der Waals surface area contributed by atoms with E-state index in [2.05, 4.69) is 15.2 Å². The number of methoxy groups -OCH3 is 1. The van der Waals surface area contributed by atoms with Crippen molar-refractivity contribution in [2.45, 2.75) is 11.8 Å². The first kappa shape index (κ1) is 19.4. The molecule has 0 atom stereocenters. The standard InChI is InChI=1S/C17H19N3O5S/c1-12-3-6-14(7-4-12)26(23,24)19-11-17(22)20-18-10-13-5-8-16(25-2)15(21)9-13/h3-10,19,21H,11H2,1-2H3,(H,20,22)/b18-10-. The van der Waals surface area contributed by atoms with Gasteiger partial charge in [0.15, 0.2) is 11.5 Å². The molecule has 2 rings (SSSR count). The number of sulfonamides is 1. The summed E-state index contributed by atoms with van der Waals surface area (Å²) < 4.78 is 31.3. The Kier molecular flexibility index (Phi) is 6.31. The number of nitrogens with one attached hydrogen (secondary N) is 2. The highest BCUT2D eigenvalue weighted by Crippen LogP contribution is 2.25. The molecule has 0 heterocycles. The third kappa shape index (κ3) is 5.30. The van der Waals surface area contributed by atoms with Crippen molar-refractivity contribution in [1.29, 1.82) is 0 Å². The number of rotatable bonds is 7. The van der Waals surface area contributed by atoms with E-state index in [1.54, 1.807) is 24.3 Å². The minimum atomic E-state index is -3.77. The molecule has 3 N–H and O–H groups in total. The predicted molar refractivity (Wildman–Crippen MR) is 96.8 cm³/mol. The van der Waals surface area contributed by atoms with Gasteiger partial charge in [0, 0.05) is 0 Å². The van der Waals surface area contributed by atoms with E-state index in [4.69, 9.17) is 4.74 Å². The molecule has 0 aromatic heterocycles. The van der Waals surface area contributed by atoms with Crippen LogP contribution >= 0.6 is 0 Å². The van der Waals surface area contributed by atoms with E-state index >= 15 is 0 Å². The molecule has 1 amide bonds. The van der Waals surface area contributed by atoms with Gasteiger partial charge in [-0.2, -0.15) is 5.10 Å². The van der Waals surface area contributed by atoms with Crippen LogP contribution in [-0.2, 0) is 14.8 Å². The number of aryl methyl sites for hydroxylation is 1. The molecule has 0 aliphatic heterocycles. The van der Waals surface area contributed by atoms with E-state index in [-0.39, 0.29) is 10.6 Å². The molecule has 0 fully saturated rings. The largest absolute Gasteiger partial charge is 0.504 e. The molecule has 0 aliphatic rings. The Labute approximate surface area is 151 Å². The number of phenolic OH excluding ortho intramolecular Hbond substituents is 1. The zero-order valence-corrected chi connectivity index (χ0v) is 15.1. The number of amides is 1. The van der Waals surface area contributed by atoms with Crippen molar-refractivity contribution >= 4 is 22.1 Å². The van der Waals surface area contributed by atoms with E-state index in [0.29, 0.717) is 11.3 Å². The lowest BCUT2D eigenvalue weighted by atomic mass is 10.2. The first-order chi connectivity index (χ1) is 12.3. The molecule has 0 saturated carbocycles. The first-order valence-electron chi connectivity index (χ1n) is 7.57. The van der Waals surface area contributed by atoms with Gasteiger partial charge in [-0.1, -0.05) is 17.7 Å². The SMILES string of the molecule is COc1ccc(/C=N\NC(=O)CNS(=O)(=O)c2ccc(C)cc2)cc1O. The molecule has 0 bridgehead atoms. The van der Waals surface area contributed by atoms with Crippen molar-refractivity contribution in [3.05, 3.63) is 53.6 Å². The van der Waals surface area contributed by atoms with Gasteiger partial charge in [0.2, 0.25) is 10.0 Å². The number of nitrogens with zero attached hydrogens (tertiary/aromatic N) is 1. The predicted octanol–water partition coefficient (Wildman–Crippen LogP) is 1.14. The van der Waals surface area contributed by atoms with E-state index < -0.39 is 22.5 Å². The maximum absolute atomic E-state index is 12.1. The molecule has 0 radical (unpaired) electrons. The lowest BCUT2D eigenvalue weighted by Crippen LogP contribution is -2.34. The summed E-state index contributed by atoms with van der Waals surface area (Å²) in [5.74, 6) is -0.375. The number of carbonyl (C=O) groups is 1. The second kappa shape index (κ2) is 8.45. The van der Waals surface area contributed by atoms with Gasteiger partial charge >= 0.3 is 0 Å². The maximum Gasteiger partial charge on any atom is 0.255 e. The summed E-state index contributed by atoms with van der Waals surface area (Å²) in [6.07, 6.45) is 1.31. The number of phenols is 1. The van der Waals surface area contributed by atoms with Crippen LogP contribution in [0.3, 0.4) is 0 Å². The summed E-state index contributed by atoms with van der Waals surface area (Å²) in [5.41, 5.74) is 3.67. The van der Waals surface area contributed by atoms with Gasteiger partial charge in [-0.05, 0) is 42.8 Å². The fourth-order valence-corrected chi connectivity index (χ4v) is 2.95. The lowest BCUT2D eigenvalue weighted by molar-refractivity contribution is -0.119. The van der Waals surface area contributed by atoms with Crippen LogP contribution in [0.4, 0.5) is 0 Å². The van der Waals surface area contributed by atoms with Gasteiger partial charge in [0.05, 0.1) is 24.8 Å². The van der Waals surface area contributed by atoms with Crippen molar-refractivity contribution in [3.8, 4) is 11.5 Å². The molecule has 138 valence electrons. The molecule has 0 saturated heterocycles. The number of aromatic hydroxyl groups is 1. The molecule has 2 aromatic rings. The summed E-state index contributed by atoms with van der Waals surface area (Å²) in [4.78, 5) is 11.8. The molecule has 8 nitrogen and oxygen atoms in total. The van der Waals surface area contributed by atoms with Crippen molar-refractivity contribution < 1.29 is 23.1 Å². The Hall–Kier alpha value is -2.91. The summed E-state index contributed by atoms with van der Waals surface area (Å²) in [7, 11) is -2.34. The molecule has 0 spiro atoms. The van der Waals surface area contributed by atoms with Crippen LogP contribution in [0.1, 0.15) is 11.1 Å². The minimum absolute atomic E-state index is 0.0614. The third-order valence-corrected chi connectivity index (χ3v) is 4.78. The van der Waals surface area contributed by atoms with Crippen molar-refractivity contribution in [2.75, 3.05) is 13.7 Å². The number of hydrazone groups is 1. The average molecular weight is 377 g/mol. The molecule has 9 heteroatoms. The molecular weight excluding hydrogens is 358 g/mol. The molecule has 2 aromatic carbocycles. The van der Waals surface area contributed by atoms with E-state index in [0.717, 1.165) is 5.56 Å². The van der Waals surface area contributed by atoms with Crippen molar-refractivity contribution in [1.82, 2.24) is 10.1 Å². The molecule has 0 unspecified atom stereocenters. The van der Waals surface area contributed by atoms with Gasteiger partial charge in [0.25, 0.3) is 5.91 Å². The van der Waals surface area contributed by atoms with E-state index in [1.165, 1.54) is 31.5 Å². The lowest BCUT2D eigenvalue weighted by Gasteiger charge is -2.06. The normalized spacial score (nSPS) is 11.5. The summed E-state index contributed by atoms with van der Waals surface area (Å²) >= 11 is 0. The topological polar surface area (TPSA) is 117 Å². The summed E-state index contributed by atoms with van der Waals surface area (Å²) in [5, 5.41) is 13.4. The summed E-state index contributed by atoms with van der Waals surface area (Å²) in [6.45, 7) is 1.39. The number of hydrogen-bond donors (Lipinski definition) is 3. The average Bonchev–Trinajstić information content (AvgIpc) is 2.61. The van der Waals surface area contributed by atoms with E-state index in [1.807, 2.05) is 6.92 Å². The number of benzene rings is 2. The Morgan fingerprint density at radius 2 is 1.92 bits per heavy atom. The highest BCUT2D eigenvalue weighted by molar-refractivity contribution is 7.89. The van der Waals surface area contributed by atoms with Crippen LogP contribution in [0.2, 0.25) is 0 Å². The Bertz CT molecular complexity index is 908. The Balaban J connectivity index is 1.88. The van der Waals surface area contributed by atoms with Crippen LogP contribution in [0.5, 0.6) is 11.5 Å². The quantitative estimate of drug-likeness (QED) is 0.494. The molecule has 0 aliphatic carbocycles. The van der Waals surface area contributed by atoms with Crippen LogP contribution in [0.25, 0.3) is 0 Å².